The number of nitrogens with two attached hydrogens (primary N) is 1. The quantitative estimate of drug-likeness (QED) is 0.708. The fourth-order valence-corrected chi connectivity index (χ4v) is 1.62. The Morgan fingerprint density at radius 2 is 2.23 bits per heavy atom. The average molecular weight is 242 g/mol. The lowest BCUT2D eigenvalue weighted by molar-refractivity contribution is 0.0933. The second-order valence-corrected chi connectivity index (χ2v) is 3.75. The third-order valence-electron chi connectivity index (χ3n) is 1.99. The predicted molar refractivity (Wildman–Crippen MR) is 53.0 cm³/mol. The van der Waals surface area contributed by atoms with Crippen molar-refractivity contribution in [1.82, 2.24) is 0 Å². The summed E-state index contributed by atoms with van der Waals surface area (Å²) in [5, 5.41) is 0. The zero-order valence-corrected chi connectivity index (χ0v) is 8.43. The van der Waals surface area contributed by atoms with E-state index in [0.717, 1.165) is 4.47 Å². The summed E-state index contributed by atoms with van der Waals surface area (Å²) in [7, 11) is 0. The van der Waals surface area contributed by atoms with E-state index in [1.807, 2.05) is 0 Å². The summed E-state index contributed by atoms with van der Waals surface area (Å²) in [4.78, 5) is 11.4. The van der Waals surface area contributed by atoms with Gasteiger partial charge in [0.2, 0.25) is 0 Å². The third-order valence-corrected chi connectivity index (χ3v) is 2.67. The first-order valence-corrected chi connectivity index (χ1v) is 4.73. The maximum atomic E-state index is 11.4. The molecule has 0 unspecified atom stereocenters. The van der Waals surface area contributed by atoms with Gasteiger partial charge in [-0.1, -0.05) is 0 Å². The number of anilines is 1. The van der Waals surface area contributed by atoms with Gasteiger partial charge in [-0.15, -0.1) is 0 Å². The SMILES string of the molecule is Nc1cc2c(cc1Br)OCCC2=O. The minimum Gasteiger partial charge on any atom is -0.492 e. The molecule has 0 spiro atoms. The topological polar surface area (TPSA) is 52.3 Å². The van der Waals surface area contributed by atoms with E-state index in [0.29, 0.717) is 30.0 Å². The molecule has 13 heavy (non-hydrogen) atoms. The standard InChI is InChI=1S/C9H8BrNO2/c10-6-4-9-5(3-7(6)11)8(12)1-2-13-9/h3-4H,1-2,11H2. The number of carbonyl (C=O) groups excluding carboxylic acids is 1. The highest BCUT2D eigenvalue weighted by Crippen LogP contribution is 2.32. The summed E-state index contributed by atoms with van der Waals surface area (Å²) in [6, 6.07) is 3.39. The molecule has 0 aliphatic carbocycles. The number of Topliss-reactive ketones (excluding diaryl/α,β-unsaturated/α-hetero) is 1. The van der Waals surface area contributed by atoms with Crippen LogP contribution >= 0.6 is 15.9 Å². The molecular formula is C9H8BrNO2. The van der Waals surface area contributed by atoms with Crippen LogP contribution in [0.25, 0.3) is 0 Å². The number of fused-ring (bicyclic) bond motifs is 1. The molecule has 2 rings (SSSR count). The molecule has 1 aliphatic heterocycles. The van der Waals surface area contributed by atoms with Crippen LogP contribution in [0.4, 0.5) is 5.69 Å². The average Bonchev–Trinajstić information content (AvgIpc) is 2.09. The van der Waals surface area contributed by atoms with Crippen molar-refractivity contribution in [2.45, 2.75) is 6.42 Å². The molecule has 0 aromatic heterocycles. The van der Waals surface area contributed by atoms with Crippen LogP contribution in [0.15, 0.2) is 16.6 Å². The van der Waals surface area contributed by atoms with Crippen molar-refractivity contribution in [3.63, 3.8) is 0 Å². The van der Waals surface area contributed by atoms with Gasteiger partial charge in [-0.3, -0.25) is 4.79 Å². The van der Waals surface area contributed by atoms with Gasteiger partial charge in [0.05, 0.1) is 12.2 Å². The fraction of sp³-hybridized carbons (Fsp3) is 0.222. The highest BCUT2D eigenvalue weighted by atomic mass is 79.9. The van der Waals surface area contributed by atoms with E-state index in [1.54, 1.807) is 12.1 Å². The van der Waals surface area contributed by atoms with Gasteiger partial charge in [-0.2, -0.15) is 0 Å². The van der Waals surface area contributed by atoms with Crippen LogP contribution in [-0.4, -0.2) is 12.4 Å². The normalized spacial score (nSPS) is 15.0. The maximum absolute atomic E-state index is 11.4. The van der Waals surface area contributed by atoms with Crippen molar-refractivity contribution in [3.8, 4) is 5.75 Å². The number of rotatable bonds is 0. The number of ketones is 1. The Hall–Kier alpha value is -1.03. The van der Waals surface area contributed by atoms with Crippen LogP contribution in [0, 0.1) is 0 Å². The van der Waals surface area contributed by atoms with E-state index in [1.165, 1.54) is 0 Å². The lowest BCUT2D eigenvalue weighted by Gasteiger charge is -2.16. The van der Waals surface area contributed by atoms with Gasteiger partial charge in [0.25, 0.3) is 0 Å². The molecule has 0 saturated carbocycles. The highest BCUT2D eigenvalue weighted by Gasteiger charge is 2.19. The summed E-state index contributed by atoms with van der Waals surface area (Å²) < 4.78 is 6.09. The second kappa shape index (κ2) is 3.03. The van der Waals surface area contributed by atoms with E-state index >= 15 is 0 Å². The van der Waals surface area contributed by atoms with E-state index < -0.39 is 0 Å². The largest absolute Gasteiger partial charge is 0.492 e. The second-order valence-electron chi connectivity index (χ2n) is 2.89. The molecular weight excluding hydrogens is 234 g/mol. The van der Waals surface area contributed by atoms with Gasteiger partial charge in [0, 0.05) is 16.6 Å². The van der Waals surface area contributed by atoms with E-state index in [4.69, 9.17) is 10.5 Å². The van der Waals surface area contributed by atoms with Crippen molar-refractivity contribution in [3.05, 3.63) is 22.2 Å². The summed E-state index contributed by atoms with van der Waals surface area (Å²) in [6.07, 6.45) is 0.439. The molecule has 3 nitrogen and oxygen atoms in total. The molecule has 0 atom stereocenters. The monoisotopic (exact) mass is 241 g/mol. The van der Waals surface area contributed by atoms with Crippen molar-refractivity contribution in [1.29, 1.82) is 0 Å². The van der Waals surface area contributed by atoms with Gasteiger partial charge in [-0.25, -0.2) is 0 Å². The molecule has 0 amide bonds. The summed E-state index contributed by atoms with van der Waals surface area (Å²) in [6.45, 7) is 0.461. The Balaban J connectivity index is 2.58. The van der Waals surface area contributed by atoms with E-state index in [9.17, 15) is 4.79 Å². The molecule has 1 aliphatic rings. The molecule has 1 aromatic carbocycles. The molecule has 1 heterocycles. The number of benzene rings is 1. The first kappa shape index (κ1) is 8.56. The van der Waals surface area contributed by atoms with Gasteiger partial charge < -0.3 is 10.5 Å². The number of nitrogen functional groups attached to an aromatic ring is 1. The maximum Gasteiger partial charge on any atom is 0.170 e. The molecule has 1 aromatic rings. The van der Waals surface area contributed by atoms with Crippen LogP contribution < -0.4 is 10.5 Å². The summed E-state index contributed by atoms with van der Waals surface area (Å²) in [5.41, 5.74) is 6.81. The molecule has 68 valence electrons. The Morgan fingerprint density at radius 1 is 1.46 bits per heavy atom. The first-order valence-electron chi connectivity index (χ1n) is 3.93. The zero-order valence-electron chi connectivity index (χ0n) is 6.84. The van der Waals surface area contributed by atoms with Crippen LogP contribution in [0.1, 0.15) is 16.8 Å². The Bertz CT molecular complexity index is 376. The minimum absolute atomic E-state index is 0.0976. The molecule has 2 N–H and O–H groups in total. The minimum atomic E-state index is 0.0976. The van der Waals surface area contributed by atoms with Crippen molar-refractivity contribution < 1.29 is 9.53 Å². The smallest absolute Gasteiger partial charge is 0.170 e. The Morgan fingerprint density at radius 3 is 3.00 bits per heavy atom. The zero-order chi connectivity index (χ0) is 9.42. The first-order chi connectivity index (χ1) is 6.18. The van der Waals surface area contributed by atoms with Crippen LogP contribution in [-0.2, 0) is 0 Å². The number of hydrogen-bond acceptors (Lipinski definition) is 3. The number of halogens is 1. The molecule has 4 heteroatoms. The van der Waals surface area contributed by atoms with Crippen LogP contribution in [0.5, 0.6) is 5.75 Å². The summed E-state index contributed by atoms with van der Waals surface area (Å²) in [5.74, 6) is 0.720. The van der Waals surface area contributed by atoms with Crippen molar-refractivity contribution >= 4 is 27.4 Å². The number of ether oxygens (including phenoxy) is 1. The van der Waals surface area contributed by atoms with E-state index in [-0.39, 0.29) is 5.78 Å². The highest BCUT2D eigenvalue weighted by molar-refractivity contribution is 9.10. The Kier molecular flexibility index (Phi) is 2.00. The predicted octanol–water partition coefficient (Wildman–Crippen LogP) is 2.00. The molecule has 0 radical (unpaired) electrons. The van der Waals surface area contributed by atoms with Crippen molar-refractivity contribution in [2.24, 2.45) is 0 Å². The third kappa shape index (κ3) is 1.42. The number of hydrogen-bond donors (Lipinski definition) is 1. The lowest BCUT2D eigenvalue weighted by Crippen LogP contribution is -2.15. The molecule has 0 saturated heterocycles. The summed E-state index contributed by atoms with van der Waals surface area (Å²) >= 11 is 3.28. The van der Waals surface area contributed by atoms with Gasteiger partial charge >= 0.3 is 0 Å². The number of carbonyl (C=O) groups is 1. The molecule has 0 bridgehead atoms. The fourth-order valence-electron chi connectivity index (χ4n) is 1.30. The van der Waals surface area contributed by atoms with Crippen LogP contribution in [0.3, 0.4) is 0 Å². The van der Waals surface area contributed by atoms with Gasteiger partial charge in [0.15, 0.2) is 5.78 Å². The lowest BCUT2D eigenvalue weighted by atomic mass is 10.0. The Labute approximate surface area is 84.0 Å². The van der Waals surface area contributed by atoms with Crippen LogP contribution in [0.2, 0.25) is 0 Å². The van der Waals surface area contributed by atoms with Gasteiger partial charge in [0.1, 0.15) is 5.75 Å². The molecule has 0 fully saturated rings. The van der Waals surface area contributed by atoms with E-state index in [2.05, 4.69) is 15.9 Å². The van der Waals surface area contributed by atoms with Gasteiger partial charge in [-0.05, 0) is 28.1 Å². The van der Waals surface area contributed by atoms with Crippen molar-refractivity contribution in [2.75, 3.05) is 12.3 Å².